The first-order valence-corrected chi connectivity index (χ1v) is 8.02. The Kier molecular flexibility index (Phi) is 5.12. The summed E-state index contributed by atoms with van der Waals surface area (Å²) in [6, 6.07) is 7.09. The molecule has 0 aliphatic heterocycles. The van der Waals surface area contributed by atoms with E-state index in [1.807, 2.05) is 20.8 Å². The van der Waals surface area contributed by atoms with Crippen molar-refractivity contribution in [3.05, 3.63) is 34.9 Å². The first-order valence-electron chi connectivity index (χ1n) is 8.02. The number of nitrogens with one attached hydrogen (secondary N) is 2. The van der Waals surface area contributed by atoms with Crippen LogP contribution in [-0.2, 0) is 11.3 Å². The van der Waals surface area contributed by atoms with Gasteiger partial charge in [-0.05, 0) is 64.2 Å². The summed E-state index contributed by atoms with van der Waals surface area (Å²) in [6.07, 6.45) is 1.61. The maximum Gasteiger partial charge on any atom is 0.407 e. The normalized spacial score (nSPS) is 21.1. The summed E-state index contributed by atoms with van der Waals surface area (Å²) in [7, 11) is 0. The SMILES string of the molecule is Cc1cccc(C)c1CNC1CC(NC(=O)OC(C)(C)C)C1. The molecule has 1 aliphatic rings. The fourth-order valence-electron chi connectivity index (χ4n) is 2.75. The number of benzene rings is 1. The molecule has 0 heterocycles. The van der Waals surface area contributed by atoms with Crippen molar-refractivity contribution in [3.8, 4) is 0 Å². The smallest absolute Gasteiger partial charge is 0.407 e. The van der Waals surface area contributed by atoms with Gasteiger partial charge in [0.05, 0.1) is 0 Å². The van der Waals surface area contributed by atoms with Gasteiger partial charge in [-0.25, -0.2) is 4.79 Å². The van der Waals surface area contributed by atoms with Crippen LogP contribution in [0, 0.1) is 13.8 Å². The van der Waals surface area contributed by atoms with Crippen LogP contribution in [0.3, 0.4) is 0 Å². The fraction of sp³-hybridized carbons (Fsp3) is 0.611. The zero-order valence-corrected chi connectivity index (χ0v) is 14.3. The van der Waals surface area contributed by atoms with Gasteiger partial charge in [0, 0.05) is 18.6 Å². The quantitative estimate of drug-likeness (QED) is 0.896. The maximum absolute atomic E-state index is 11.7. The van der Waals surface area contributed by atoms with Gasteiger partial charge in [-0.15, -0.1) is 0 Å². The van der Waals surface area contributed by atoms with Crippen molar-refractivity contribution >= 4 is 6.09 Å². The Hall–Kier alpha value is -1.55. The summed E-state index contributed by atoms with van der Waals surface area (Å²) in [5.41, 5.74) is 3.60. The molecule has 0 spiro atoms. The summed E-state index contributed by atoms with van der Waals surface area (Å²) < 4.78 is 5.27. The van der Waals surface area contributed by atoms with Gasteiger partial charge in [0.15, 0.2) is 0 Å². The van der Waals surface area contributed by atoms with Gasteiger partial charge >= 0.3 is 6.09 Å². The predicted octanol–water partition coefficient (Wildman–Crippen LogP) is 3.45. The zero-order chi connectivity index (χ0) is 16.3. The molecule has 0 saturated heterocycles. The highest BCUT2D eigenvalue weighted by atomic mass is 16.6. The van der Waals surface area contributed by atoms with Gasteiger partial charge in [0.25, 0.3) is 0 Å². The van der Waals surface area contributed by atoms with Gasteiger partial charge < -0.3 is 15.4 Å². The van der Waals surface area contributed by atoms with E-state index in [4.69, 9.17) is 4.74 Å². The Morgan fingerprint density at radius 2 is 1.77 bits per heavy atom. The average Bonchev–Trinajstić information content (AvgIpc) is 2.32. The molecule has 0 bridgehead atoms. The minimum atomic E-state index is -0.437. The predicted molar refractivity (Wildman–Crippen MR) is 88.9 cm³/mol. The van der Waals surface area contributed by atoms with Crippen LogP contribution in [-0.4, -0.2) is 23.8 Å². The first kappa shape index (κ1) is 16.8. The number of ether oxygens (including phenoxy) is 1. The molecule has 2 N–H and O–H groups in total. The molecule has 2 rings (SSSR count). The second kappa shape index (κ2) is 6.69. The van der Waals surface area contributed by atoms with Crippen molar-refractivity contribution < 1.29 is 9.53 Å². The van der Waals surface area contributed by atoms with Gasteiger partial charge in [0.2, 0.25) is 0 Å². The number of aryl methyl sites for hydroxylation is 2. The van der Waals surface area contributed by atoms with Crippen molar-refractivity contribution in [2.75, 3.05) is 0 Å². The molecule has 1 saturated carbocycles. The highest BCUT2D eigenvalue weighted by molar-refractivity contribution is 5.68. The minimum Gasteiger partial charge on any atom is -0.444 e. The van der Waals surface area contributed by atoms with Gasteiger partial charge in [-0.1, -0.05) is 18.2 Å². The van der Waals surface area contributed by atoms with E-state index in [1.54, 1.807) is 0 Å². The lowest BCUT2D eigenvalue weighted by Crippen LogP contribution is -2.53. The summed E-state index contributed by atoms with van der Waals surface area (Å²) in [5, 5.41) is 6.50. The van der Waals surface area contributed by atoms with Crippen molar-refractivity contribution in [1.82, 2.24) is 10.6 Å². The molecule has 0 unspecified atom stereocenters. The van der Waals surface area contributed by atoms with Crippen LogP contribution in [0.2, 0.25) is 0 Å². The van der Waals surface area contributed by atoms with E-state index >= 15 is 0 Å². The zero-order valence-electron chi connectivity index (χ0n) is 14.3. The molecule has 4 heteroatoms. The number of alkyl carbamates (subject to hydrolysis) is 1. The van der Waals surface area contributed by atoms with Crippen LogP contribution in [0.5, 0.6) is 0 Å². The number of hydrogen-bond donors (Lipinski definition) is 2. The van der Waals surface area contributed by atoms with E-state index in [0.29, 0.717) is 6.04 Å². The van der Waals surface area contributed by atoms with Crippen LogP contribution < -0.4 is 10.6 Å². The molecule has 122 valence electrons. The Morgan fingerprint density at radius 3 is 2.32 bits per heavy atom. The van der Waals surface area contributed by atoms with E-state index < -0.39 is 5.60 Å². The number of carbonyl (C=O) groups excluding carboxylic acids is 1. The second-order valence-corrected chi connectivity index (χ2v) is 7.26. The van der Waals surface area contributed by atoms with Gasteiger partial charge in [-0.3, -0.25) is 0 Å². The molecule has 0 aromatic heterocycles. The lowest BCUT2D eigenvalue weighted by Gasteiger charge is -2.37. The van der Waals surface area contributed by atoms with Gasteiger partial charge in [0.1, 0.15) is 5.60 Å². The highest BCUT2D eigenvalue weighted by Gasteiger charge is 2.31. The molecule has 1 aliphatic carbocycles. The lowest BCUT2D eigenvalue weighted by molar-refractivity contribution is 0.0465. The number of rotatable bonds is 4. The molecule has 4 nitrogen and oxygen atoms in total. The Morgan fingerprint density at radius 1 is 1.18 bits per heavy atom. The van der Waals surface area contributed by atoms with Crippen molar-refractivity contribution in [2.45, 2.75) is 71.7 Å². The number of carbonyl (C=O) groups is 1. The Bertz CT molecular complexity index is 508. The van der Waals surface area contributed by atoms with E-state index in [2.05, 4.69) is 42.7 Å². The third-order valence-corrected chi connectivity index (χ3v) is 4.07. The summed E-state index contributed by atoms with van der Waals surface area (Å²) >= 11 is 0. The fourth-order valence-corrected chi connectivity index (χ4v) is 2.75. The third kappa shape index (κ3) is 4.73. The van der Waals surface area contributed by atoms with Crippen LogP contribution in [0.25, 0.3) is 0 Å². The molecule has 0 radical (unpaired) electrons. The first-order chi connectivity index (χ1) is 10.2. The monoisotopic (exact) mass is 304 g/mol. The van der Waals surface area contributed by atoms with E-state index in [1.165, 1.54) is 16.7 Å². The van der Waals surface area contributed by atoms with E-state index in [9.17, 15) is 4.79 Å². The van der Waals surface area contributed by atoms with Crippen LogP contribution in [0.15, 0.2) is 18.2 Å². The molecule has 1 aromatic carbocycles. The summed E-state index contributed by atoms with van der Waals surface area (Å²) in [6.45, 7) is 10.8. The molecular formula is C18H28N2O2. The number of hydrogen-bond acceptors (Lipinski definition) is 3. The maximum atomic E-state index is 11.7. The molecule has 1 aromatic rings. The Balaban J connectivity index is 1.71. The standard InChI is InChI=1S/C18H28N2O2/c1-12-7-6-8-13(2)16(12)11-19-14-9-15(10-14)20-17(21)22-18(3,4)5/h6-8,14-15,19H,9-11H2,1-5H3,(H,20,21). The highest BCUT2D eigenvalue weighted by Crippen LogP contribution is 2.22. The van der Waals surface area contributed by atoms with E-state index in [0.717, 1.165) is 19.4 Å². The summed E-state index contributed by atoms with van der Waals surface area (Å²) in [4.78, 5) is 11.7. The van der Waals surface area contributed by atoms with Crippen LogP contribution in [0.4, 0.5) is 4.79 Å². The molecular weight excluding hydrogens is 276 g/mol. The third-order valence-electron chi connectivity index (χ3n) is 4.07. The van der Waals surface area contributed by atoms with Crippen molar-refractivity contribution in [1.29, 1.82) is 0 Å². The molecule has 1 fully saturated rings. The van der Waals surface area contributed by atoms with Crippen LogP contribution >= 0.6 is 0 Å². The average molecular weight is 304 g/mol. The summed E-state index contributed by atoms with van der Waals surface area (Å²) in [5.74, 6) is 0. The largest absolute Gasteiger partial charge is 0.444 e. The molecule has 0 atom stereocenters. The van der Waals surface area contributed by atoms with Crippen molar-refractivity contribution in [2.24, 2.45) is 0 Å². The van der Waals surface area contributed by atoms with Crippen molar-refractivity contribution in [3.63, 3.8) is 0 Å². The molecule has 1 amide bonds. The second-order valence-electron chi connectivity index (χ2n) is 7.26. The molecule has 22 heavy (non-hydrogen) atoms. The minimum absolute atomic E-state index is 0.227. The van der Waals surface area contributed by atoms with Crippen LogP contribution in [0.1, 0.15) is 50.3 Å². The topological polar surface area (TPSA) is 50.4 Å². The van der Waals surface area contributed by atoms with E-state index in [-0.39, 0.29) is 12.1 Å². The lowest BCUT2D eigenvalue weighted by atomic mass is 9.86. The number of amides is 1. The Labute approximate surface area is 133 Å². The van der Waals surface area contributed by atoms with Gasteiger partial charge in [-0.2, -0.15) is 0 Å².